The Labute approximate surface area is 151 Å². The van der Waals surface area contributed by atoms with E-state index in [2.05, 4.69) is 36.0 Å². The molecule has 0 aliphatic carbocycles. The number of hydrogen-bond acceptors (Lipinski definition) is 5. The van der Waals surface area contributed by atoms with E-state index in [0.29, 0.717) is 0 Å². The average molecular weight is 348 g/mol. The molecule has 0 spiro atoms. The van der Waals surface area contributed by atoms with Gasteiger partial charge in [-0.1, -0.05) is 20.8 Å². The first-order valence-electron chi connectivity index (χ1n) is 9.01. The van der Waals surface area contributed by atoms with Crippen LogP contribution in [0.4, 0.5) is 4.79 Å². The van der Waals surface area contributed by atoms with Crippen molar-refractivity contribution in [2.24, 2.45) is 0 Å². The van der Waals surface area contributed by atoms with Gasteiger partial charge in [-0.05, 0) is 27.7 Å². The SMILES string of the molecule is CC(CN1CCc2nc(C(C)(C)C)ncc2C1)NC(=O)OC(C)(C)C. The molecule has 1 atom stereocenters. The zero-order chi connectivity index (χ0) is 18.8. The van der Waals surface area contributed by atoms with Gasteiger partial charge >= 0.3 is 6.09 Å². The number of aromatic nitrogens is 2. The molecule has 0 bridgehead atoms. The maximum absolute atomic E-state index is 11.9. The van der Waals surface area contributed by atoms with Crippen LogP contribution >= 0.6 is 0 Å². The van der Waals surface area contributed by atoms with E-state index in [-0.39, 0.29) is 17.6 Å². The van der Waals surface area contributed by atoms with Gasteiger partial charge in [-0.2, -0.15) is 0 Å². The van der Waals surface area contributed by atoms with Gasteiger partial charge in [0.25, 0.3) is 0 Å². The minimum absolute atomic E-state index is 0.0196. The first-order chi connectivity index (χ1) is 11.4. The van der Waals surface area contributed by atoms with Crippen molar-refractivity contribution in [1.29, 1.82) is 0 Å². The first kappa shape index (κ1) is 19.6. The minimum Gasteiger partial charge on any atom is -0.444 e. The third-order valence-electron chi connectivity index (χ3n) is 3.98. The predicted molar refractivity (Wildman–Crippen MR) is 98.5 cm³/mol. The molecule has 1 aromatic heterocycles. The summed E-state index contributed by atoms with van der Waals surface area (Å²) in [6, 6.07) is 0.0196. The van der Waals surface area contributed by atoms with Gasteiger partial charge in [0, 0.05) is 55.0 Å². The van der Waals surface area contributed by atoms with Gasteiger partial charge in [-0.15, -0.1) is 0 Å². The minimum atomic E-state index is -0.476. The topological polar surface area (TPSA) is 67.4 Å². The highest BCUT2D eigenvalue weighted by atomic mass is 16.6. The molecule has 2 rings (SSSR count). The van der Waals surface area contributed by atoms with E-state index < -0.39 is 5.60 Å². The largest absolute Gasteiger partial charge is 0.444 e. The normalized spacial score (nSPS) is 16.9. The highest BCUT2D eigenvalue weighted by molar-refractivity contribution is 5.68. The number of nitrogens with zero attached hydrogens (tertiary/aromatic N) is 3. The number of hydrogen-bond donors (Lipinski definition) is 1. The van der Waals surface area contributed by atoms with E-state index in [9.17, 15) is 4.79 Å². The second kappa shape index (κ2) is 7.28. The van der Waals surface area contributed by atoms with Crippen molar-refractivity contribution in [3.63, 3.8) is 0 Å². The zero-order valence-corrected chi connectivity index (χ0v) is 16.6. The van der Waals surface area contributed by atoms with Gasteiger partial charge in [0.2, 0.25) is 0 Å². The van der Waals surface area contributed by atoms with Crippen molar-refractivity contribution >= 4 is 6.09 Å². The van der Waals surface area contributed by atoms with Crippen molar-refractivity contribution in [1.82, 2.24) is 20.2 Å². The van der Waals surface area contributed by atoms with Crippen LogP contribution < -0.4 is 5.32 Å². The molecule has 0 radical (unpaired) electrons. The van der Waals surface area contributed by atoms with Gasteiger partial charge in [0.1, 0.15) is 11.4 Å². The molecule has 1 aliphatic rings. The Balaban J connectivity index is 1.91. The molecular formula is C19H32N4O2. The van der Waals surface area contributed by atoms with Crippen LogP contribution in [0.3, 0.4) is 0 Å². The van der Waals surface area contributed by atoms with Crippen LogP contribution in [-0.2, 0) is 23.1 Å². The molecule has 1 amide bonds. The molecule has 2 heterocycles. The van der Waals surface area contributed by atoms with Gasteiger partial charge in [-0.25, -0.2) is 14.8 Å². The standard InChI is InChI=1S/C19H32N4O2/c1-13(21-17(24)25-19(5,6)7)11-23-9-8-15-14(12-23)10-20-16(22-15)18(2,3)4/h10,13H,8-9,11-12H2,1-7H3,(H,21,24). The number of amides is 1. The lowest BCUT2D eigenvalue weighted by Gasteiger charge is -2.31. The summed E-state index contributed by atoms with van der Waals surface area (Å²) in [4.78, 5) is 23.5. The van der Waals surface area contributed by atoms with Gasteiger partial charge in [-0.3, -0.25) is 4.90 Å². The Kier molecular flexibility index (Phi) is 5.72. The van der Waals surface area contributed by atoms with Crippen LogP contribution in [-0.4, -0.2) is 45.7 Å². The summed E-state index contributed by atoms with van der Waals surface area (Å²) in [5.41, 5.74) is 1.83. The predicted octanol–water partition coefficient (Wildman–Crippen LogP) is 3.05. The van der Waals surface area contributed by atoms with Crippen molar-refractivity contribution in [3.8, 4) is 0 Å². The van der Waals surface area contributed by atoms with Gasteiger partial charge < -0.3 is 10.1 Å². The van der Waals surface area contributed by atoms with Crippen LogP contribution in [0.2, 0.25) is 0 Å². The molecule has 1 unspecified atom stereocenters. The third-order valence-corrected chi connectivity index (χ3v) is 3.98. The summed E-state index contributed by atoms with van der Waals surface area (Å²) < 4.78 is 5.31. The highest BCUT2D eigenvalue weighted by Gasteiger charge is 2.24. The lowest BCUT2D eigenvalue weighted by molar-refractivity contribution is 0.0495. The maximum atomic E-state index is 11.9. The Bertz CT molecular complexity index is 617. The smallest absolute Gasteiger partial charge is 0.407 e. The molecule has 1 aliphatic heterocycles. The number of fused-ring (bicyclic) bond motifs is 1. The van der Waals surface area contributed by atoms with Crippen LogP contribution in [0.1, 0.15) is 65.5 Å². The summed E-state index contributed by atoms with van der Waals surface area (Å²) in [6.07, 6.45) is 2.51. The summed E-state index contributed by atoms with van der Waals surface area (Å²) in [5, 5.41) is 2.90. The molecule has 25 heavy (non-hydrogen) atoms. The fourth-order valence-corrected chi connectivity index (χ4v) is 2.83. The number of carbonyl (C=O) groups excluding carboxylic acids is 1. The number of nitrogens with one attached hydrogen (secondary N) is 1. The lowest BCUT2D eigenvalue weighted by Crippen LogP contribution is -2.45. The molecule has 1 aromatic rings. The molecule has 6 nitrogen and oxygen atoms in total. The second-order valence-electron chi connectivity index (χ2n) is 8.95. The Morgan fingerprint density at radius 2 is 2.00 bits per heavy atom. The van der Waals surface area contributed by atoms with E-state index in [1.165, 1.54) is 5.56 Å². The summed E-state index contributed by atoms with van der Waals surface area (Å²) >= 11 is 0. The lowest BCUT2D eigenvalue weighted by atomic mass is 9.95. The molecule has 1 N–H and O–H groups in total. The maximum Gasteiger partial charge on any atom is 0.407 e. The second-order valence-corrected chi connectivity index (χ2v) is 8.95. The molecular weight excluding hydrogens is 316 g/mol. The molecule has 0 saturated carbocycles. The quantitative estimate of drug-likeness (QED) is 0.909. The average Bonchev–Trinajstić information content (AvgIpc) is 2.43. The third kappa shape index (κ3) is 5.96. The van der Waals surface area contributed by atoms with Crippen molar-refractivity contribution in [2.45, 2.75) is 78.5 Å². The monoisotopic (exact) mass is 348 g/mol. The summed E-state index contributed by atoms with van der Waals surface area (Å²) in [6.45, 7) is 16.5. The van der Waals surface area contributed by atoms with Crippen LogP contribution in [0.15, 0.2) is 6.20 Å². The number of alkyl carbamates (subject to hydrolysis) is 1. The number of carbonyl (C=O) groups is 1. The van der Waals surface area contributed by atoms with Crippen LogP contribution in [0.5, 0.6) is 0 Å². The van der Waals surface area contributed by atoms with Crippen molar-refractivity contribution < 1.29 is 9.53 Å². The Hall–Kier alpha value is -1.69. The first-order valence-corrected chi connectivity index (χ1v) is 9.01. The Morgan fingerprint density at radius 1 is 1.32 bits per heavy atom. The van der Waals surface area contributed by atoms with Gasteiger partial charge in [0.15, 0.2) is 0 Å². The fraction of sp³-hybridized carbons (Fsp3) is 0.737. The van der Waals surface area contributed by atoms with Crippen molar-refractivity contribution in [3.05, 3.63) is 23.3 Å². The van der Waals surface area contributed by atoms with E-state index in [0.717, 1.165) is 37.6 Å². The van der Waals surface area contributed by atoms with E-state index in [4.69, 9.17) is 9.72 Å². The number of ether oxygens (including phenoxy) is 1. The molecule has 0 aromatic carbocycles. The van der Waals surface area contributed by atoms with Gasteiger partial charge in [0.05, 0.1) is 0 Å². The fourth-order valence-electron chi connectivity index (χ4n) is 2.83. The number of rotatable bonds is 3. The highest BCUT2D eigenvalue weighted by Crippen LogP contribution is 2.22. The van der Waals surface area contributed by atoms with Crippen LogP contribution in [0, 0.1) is 0 Å². The van der Waals surface area contributed by atoms with Crippen molar-refractivity contribution in [2.75, 3.05) is 13.1 Å². The molecule has 140 valence electrons. The zero-order valence-electron chi connectivity index (χ0n) is 16.6. The molecule has 0 saturated heterocycles. The molecule has 6 heteroatoms. The van der Waals surface area contributed by atoms with E-state index >= 15 is 0 Å². The van der Waals surface area contributed by atoms with E-state index in [1.807, 2.05) is 33.9 Å². The molecule has 0 fully saturated rings. The van der Waals surface area contributed by atoms with E-state index in [1.54, 1.807) is 0 Å². The summed E-state index contributed by atoms with van der Waals surface area (Å²) in [7, 11) is 0. The Morgan fingerprint density at radius 3 is 2.60 bits per heavy atom. The summed E-state index contributed by atoms with van der Waals surface area (Å²) in [5.74, 6) is 0.902. The van der Waals surface area contributed by atoms with Crippen LogP contribution in [0.25, 0.3) is 0 Å².